The second kappa shape index (κ2) is 13.4. The van der Waals surface area contributed by atoms with E-state index in [0.717, 1.165) is 4.90 Å². The normalized spacial score (nSPS) is 21.8. The van der Waals surface area contributed by atoms with Crippen LogP contribution in [0.5, 0.6) is 0 Å². The van der Waals surface area contributed by atoms with Gasteiger partial charge in [0.15, 0.2) is 5.78 Å². The van der Waals surface area contributed by atoms with Crippen molar-refractivity contribution in [3.05, 3.63) is 39.3 Å². The Kier molecular flexibility index (Phi) is 10.7. The first kappa shape index (κ1) is 32.7. The van der Waals surface area contributed by atoms with Gasteiger partial charge >= 0.3 is 12.3 Å². The average Bonchev–Trinajstić information content (AvgIpc) is 2.87. The largest absolute Gasteiger partial charge is 0.465 e. The number of nitrogens with zero attached hydrogens (tertiary/aromatic N) is 2. The Labute approximate surface area is 246 Å². The van der Waals surface area contributed by atoms with E-state index in [-0.39, 0.29) is 39.9 Å². The highest BCUT2D eigenvalue weighted by Gasteiger charge is 2.42. The molecule has 2 saturated carbocycles. The zero-order chi connectivity index (χ0) is 30.5. The molecular formula is C27H34Cl2F3N5O4. The summed E-state index contributed by atoms with van der Waals surface area (Å²) in [6, 6.07) is -1.61. The highest BCUT2D eigenvalue weighted by atomic mass is 35.5. The van der Waals surface area contributed by atoms with Crippen molar-refractivity contribution in [2.75, 3.05) is 6.54 Å². The first-order chi connectivity index (χ1) is 19.1. The number of halogens is 5. The van der Waals surface area contributed by atoms with Gasteiger partial charge in [0, 0.05) is 36.7 Å². The van der Waals surface area contributed by atoms with Crippen molar-refractivity contribution in [1.82, 2.24) is 20.5 Å². The third kappa shape index (κ3) is 8.57. The first-order valence-electron chi connectivity index (χ1n) is 13.3. The number of pyridine rings is 1. The molecule has 1 aromatic heterocycles. The van der Waals surface area contributed by atoms with Crippen LogP contribution in [0.3, 0.4) is 0 Å². The van der Waals surface area contributed by atoms with Crippen LogP contribution in [0, 0.1) is 10.8 Å². The molecule has 0 aliphatic heterocycles. The summed E-state index contributed by atoms with van der Waals surface area (Å²) >= 11 is 12.3. The summed E-state index contributed by atoms with van der Waals surface area (Å²) < 4.78 is 43.1. The van der Waals surface area contributed by atoms with E-state index in [1.54, 1.807) is 0 Å². The van der Waals surface area contributed by atoms with Crippen LogP contribution in [0.2, 0.25) is 10.0 Å². The van der Waals surface area contributed by atoms with E-state index in [1.165, 1.54) is 12.4 Å². The van der Waals surface area contributed by atoms with Crippen molar-refractivity contribution >= 4 is 47.2 Å². The van der Waals surface area contributed by atoms with Gasteiger partial charge in [0.25, 0.3) is 5.91 Å². The lowest BCUT2D eigenvalue weighted by Crippen LogP contribution is -2.49. The number of carbonyl (C=O) groups is 3. The predicted octanol–water partition coefficient (Wildman–Crippen LogP) is 6.00. The molecule has 14 heteroatoms. The molecule has 0 unspecified atom stereocenters. The lowest BCUT2D eigenvalue weighted by Gasteiger charge is -2.40. The summed E-state index contributed by atoms with van der Waals surface area (Å²) in [5.41, 5.74) is -2.38. The summed E-state index contributed by atoms with van der Waals surface area (Å²) in [4.78, 5) is 43.0. The van der Waals surface area contributed by atoms with E-state index in [9.17, 15) is 27.6 Å². The molecule has 1 aromatic rings. The number of ketones is 1. The van der Waals surface area contributed by atoms with E-state index in [1.807, 2.05) is 0 Å². The van der Waals surface area contributed by atoms with E-state index >= 15 is 0 Å². The Bertz CT molecular complexity index is 1170. The van der Waals surface area contributed by atoms with Gasteiger partial charge in [0.1, 0.15) is 5.70 Å². The summed E-state index contributed by atoms with van der Waals surface area (Å²) in [5.74, 6) is -1.75. The number of hydrogen-bond acceptors (Lipinski definition) is 6. The minimum absolute atomic E-state index is 0.0276. The fraction of sp³-hybridized carbons (Fsp3) is 0.593. The molecule has 1 heterocycles. The van der Waals surface area contributed by atoms with E-state index in [4.69, 9.17) is 33.7 Å². The molecule has 0 aromatic carbocycles. The number of carbonyl (C=O) groups excluding carboxylic acids is 2. The van der Waals surface area contributed by atoms with Gasteiger partial charge in [0.05, 0.1) is 27.7 Å². The molecule has 0 bridgehead atoms. The lowest BCUT2D eigenvalue weighted by molar-refractivity contribution is -0.131. The van der Waals surface area contributed by atoms with E-state index in [0.29, 0.717) is 44.7 Å². The van der Waals surface area contributed by atoms with Gasteiger partial charge in [0.2, 0.25) is 0 Å². The number of rotatable bonds is 9. The fourth-order valence-electron chi connectivity index (χ4n) is 5.44. The average molecular weight is 621 g/mol. The van der Waals surface area contributed by atoms with Crippen LogP contribution in [0.1, 0.15) is 75.6 Å². The molecule has 2 aliphatic carbocycles. The van der Waals surface area contributed by atoms with Crippen LogP contribution in [0.15, 0.2) is 23.7 Å². The minimum atomic E-state index is -5.00. The minimum Gasteiger partial charge on any atom is -0.465 e. The van der Waals surface area contributed by atoms with Gasteiger partial charge in [-0.05, 0) is 56.8 Å². The Hall–Kier alpha value is -2.86. The standard InChI is InChI=1S/C27H34Cl2F3N5O4/c1-26(2)9-7-17(8-10-26)37(14-21(38)22-19(28)12-34-13-20(22)29)24(39)18(11-33)23(27(30,31)32)35-15-3-5-16(6-4-15)36-25(40)41/h11-13,15-17,33,35-36H,3-10,14H2,1-2H3,(H,40,41)/b23-18+,33-11?/t15-,16+. The van der Waals surface area contributed by atoms with Crippen molar-refractivity contribution in [2.45, 2.75) is 89.5 Å². The van der Waals surface area contributed by atoms with E-state index in [2.05, 4.69) is 29.5 Å². The number of amides is 2. The van der Waals surface area contributed by atoms with Gasteiger partial charge in [-0.25, -0.2) is 4.79 Å². The van der Waals surface area contributed by atoms with Gasteiger partial charge < -0.3 is 26.0 Å². The van der Waals surface area contributed by atoms with Gasteiger partial charge in [-0.3, -0.25) is 14.6 Å². The number of allylic oxidation sites excluding steroid dienone is 1. The molecule has 2 aliphatic rings. The topological polar surface area (TPSA) is 135 Å². The molecule has 0 spiro atoms. The van der Waals surface area contributed by atoms with Crippen LogP contribution in [-0.2, 0) is 4.79 Å². The maximum absolute atomic E-state index is 14.4. The highest BCUT2D eigenvalue weighted by Crippen LogP contribution is 2.38. The molecular weight excluding hydrogens is 586 g/mol. The molecule has 0 radical (unpaired) electrons. The summed E-state index contributed by atoms with van der Waals surface area (Å²) in [5, 5.41) is 21.4. The number of carboxylic acid groups (broad SMARTS) is 1. The second-order valence-corrected chi connectivity index (χ2v) is 12.1. The molecule has 0 atom stereocenters. The zero-order valence-corrected chi connectivity index (χ0v) is 24.3. The Morgan fingerprint density at radius 2 is 1.56 bits per heavy atom. The summed E-state index contributed by atoms with van der Waals surface area (Å²) in [7, 11) is 0. The lowest BCUT2D eigenvalue weighted by atomic mass is 9.75. The van der Waals surface area contributed by atoms with Crippen LogP contribution in [0.4, 0.5) is 18.0 Å². The zero-order valence-electron chi connectivity index (χ0n) is 22.8. The number of alkyl halides is 3. The molecule has 9 nitrogen and oxygen atoms in total. The third-order valence-electron chi connectivity index (χ3n) is 7.79. The van der Waals surface area contributed by atoms with Crippen LogP contribution >= 0.6 is 23.2 Å². The van der Waals surface area contributed by atoms with Crippen LogP contribution in [-0.4, -0.2) is 69.8 Å². The van der Waals surface area contributed by atoms with E-state index < -0.39 is 53.9 Å². The molecule has 2 fully saturated rings. The summed E-state index contributed by atoms with van der Waals surface area (Å²) in [6.07, 6.45) is -0.0277. The van der Waals surface area contributed by atoms with Crippen molar-refractivity contribution < 1.29 is 32.7 Å². The molecule has 2 amide bonds. The Morgan fingerprint density at radius 1 is 1.05 bits per heavy atom. The molecule has 41 heavy (non-hydrogen) atoms. The van der Waals surface area contributed by atoms with Crippen molar-refractivity contribution in [3.63, 3.8) is 0 Å². The first-order valence-corrected chi connectivity index (χ1v) is 14.1. The fourth-order valence-corrected chi connectivity index (χ4v) is 6.02. The molecule has 4 N–H and O–H groups in total. The molecule has 226 valence electrons. The van der Waals surface area contributed by atoms with Gasteiger partial charge in [-0.1, -0.05) is 37.0 Å². The maximum atomic E-state index is 14.4. The van der Waals surface area contributed by atoms with Crippen LogP contribution in [0.25, 0.3) is 0 Å². The third-order valence-corrected chi connectivity index (χ3v) is 8.36. The number of nitrogens with one attached hydrogen (secondary N) is 3. The van der Waals surface area contributed by atoms with Crippen LogP contribution < -0.4 is 10.6 Å². The Balaban J connectivity index is 1.95. The van der Waals surface area contributed by atoms with Crippen molar-refractivity contribution in [3.8, 4) is 0 Å². The second-order valence-electron chi connectivity index (χ2n) is 11.3. The molecule has 0 saturated heterocycles. The number of aromatic nitrogens is 1. The quantitative estimate of drug-likeness (QED) is 0.152. The molecule has 3 rings (SSSR count). The maximum Gasteiger partial charge on any atom is 0.431 e. The SMILES string of the molecule is CC1(C)CCC(N(CC(=O)c2c(Cl)cncc2Cl)C(=O)/C(C=N)=C(/N[C@H]2CC[C@@H](NC(=O)O)CC2)C(F)(F)F)CC1. The Morgan fingerprint density at radius 3 is 2.02 bits per heavy atom. The van der Waals surface area contributed by atoms with Gasteiger partial charge in [-0.15, -0.1) is 0 Å². The van der Waals surface area contributed by atoms with Gasteiger partial charge in [-0.2, -0.15) is 13.2 Å². The highest BCUT2D eigenvalue weighted by molar-refractivity contribution is 6.39. The smallest absolute Gasteiger partial charge is 0.431 e. The predicted molar refractivity (Wildman–Crippen MR) is 149 cm³/mol. The van der Waals surface area contributed by atoms with Crippen molar-refractivity contribution in [2.24, 2.45) is 5.41 Å². The monoisotopic (exact) mass is 619 g/mol. The number of Topliss-reactive ketones (excluding diaryl/α,β-unsaturated/α-hetero) is 1. The number of hydrogen-bond donors (Lipinski definition) is 4. The summed E-state index contributed by atoms with van der Waals surface area (Å²) in [6.45, 7) is 3.54. The van der Waals surface area contributed by atoms with Crippen molar-refractivity contribution in [1.29, 1.82) is 5.41 Å².